The van der Waals surface area contributed by atoms with Crippen LogP contribution in [0.5, 0.6) is 0 Å². The predicted molar refractivity (Wildman–Crippen MR) is 131 cm³/mol. The number of ether oxygens (including phenoxy) is 1. The summed E-state index contributed by atoms with van der Waals surface area (Å²) in [5.74, 6) is -1.22. The van der Waals surface area contributed by atoms with Crippen LogP contribution in [-0.4, -0.2) is 43.8 Å². The van der Waals surface area contributed by atoms with Gasteiger partial charge in [0.05, 0.1) is 17.9 Å². The molecule has 0 spiro atoms. The molecule has 4 heterocycles. The van der Waals surface area contributed by atoms with Gasteiger partial charge >= 0.3 is 5.97 Å². The van der Waals surface area contributed by atoms with Gasteiger partial charge in [-0.25, -0.2) is 13.6 Å². The molecule has 0 aliphatic carbocycles. The first-order valence-corrected chi connectivity index (χ1v) is 12.5. The van der Waals surface area contributed by atoms with Crippen molar-refractivity contribution in [2.75, 3.05) is 18.1 Å². The van der Waals surface area contributed by atoms with E-state index < -0.39 is 30.2 Å². The Morgan fingerprint density at radius 1 is 1.24 bits per heavy atom. The van der Waals surface area contributed by atoms with Crippen LogP contribution in [0, 0.1) is 0 Å². The van der Waals surface area contributed by atoms with Crippen molar-refractivity contribution in [3.8, 4) is 0 Å². The van der Waals surface area contributed by atoms with Gasteiger partial charge in [0.15, 0.2) is 11.9 Å². The molecule has 2 aromatic heterocycles. The minimum absolute atomic E-state index is 0.0175. The van der Waals surface area contributed by atoms with Crippen molar-refractivity contribution < 1.29 is 23.4 Å². The van der Waals surface area contributed by atoms with E-state index in [1.807, 2.05) is 0 Å². The Labute approximate surface area is 216 Å². The van der Waals surface area contributed by atoms with Crippen molar-refractivity contribution >= 4 is 23.3 Å². The molecule has 2 atom stereocenters. The van der Waals surface area contributed by atoms with Crippen molar-refractivity contribution in [1.29, 1.82) is 0 Å². The van der Waals surface area contributed by atoms with Crippen molar-refractivity contribution in [3.63, 3.8) is 0 Å². The van der Waals surface area contributed by atoms with E-state index in [1.165, 1.54) is 21.6 Å². The first-order valence-electron chi connectivity index (χ1n) is 12.1. The molecule has 1 fully saturated rings. The van der Waals surface area contributed by atoms with Gasteiger partial charge in [0.1, 0.15) is 5.02 Å². The van der Waals surface area contributed by atoms with Crippen LogP contribution >= 0.6 is 11.6 Å². The van der Waals surface area contributed by atoms with Gasteiger partial charge in [0.2, 0.25) is 0 Å². The number of nitrogens with zero attached hydrogens (tertiary/aromatic N) is 5. The number of halogens is 3. The molecule has 2 aliphatic heterocycles. The Morgan fingerprint density at radius 3 is 2.68 bits per heavy atom. The van der Waals surface area contributed by atoms with E-state index in [0.29, 0.717) is 48.5 Å². The molecule has 0 radical (unpaired) electrons. The third-order valence-electron chi connectivity index (χ3n) is 7.03. The summed E-state index contributed by atoms with van der Waals surface area (Å²) >= 11 is 6.48. The minimum Gasteiger partial charge on any atom is -0.476 e. The third-order valence-corrected chi connectivity index (χ3v) is 7.39. The SMILES string of the molecule is CC(c1ccccc1C(F)F)n1nc(C(=O)O)c2c1CCN(c1cnn(C3CCCCO3)c(=O)c1Cl)C2. The topological polar surface area (TPSA) is 102 Å². The lowest BCUT2D eigenvalue weighted by molar-refractivity contribution is -0.0424. The van der Waals surface area contributed by atoms with Crippen LogP contribution in [0.1, 0.15) is 77.8 Å². The fraction of sp³-hybridized carbons (Fsp3) is 0.440. The van der Waals surface area contributed by atoms with Crippen LogP contribution in [-0.2, 0) is 17.7 Å². The van der Waals surface area contributed by atoms with Crippen LogP contribution < -0.4 is 10.5 Å². The van der Waals surface area contributed by atoms with E-state index in [2.05, 4.69) is 10.2 Å². The van der Waals surface area contributed by atoms with Crippen LogP contribution in [0.4, 0.5) is 14.5 Å². The number of benzene rings is 1. The maximum Gasteiger partial charge on any atom is 0.356 e. The normalized spacial score (nSPS) is 18.6. The third kappa shape index (κ3) is 4.61. The van der Waals surface area contributed by atoms with Gasteiger partial charge in [-0.15, -0.1) is 0 Å². The second-order valence-electron chi connectivity index (χ2n) is 9.22. The number of anilines is 1. The number of hydrogen-bond donors (Lipinski definition) is 1. The molecule has 5 rings (SSSR count). The Kier molecular flexibility index (Phi) is 7.00. The lowest BCUT2D eigenvalue weighted by atomic mass is 10.00. The average Bonchev–Trinajstić information content (AvgIpc) is 3.29. The second kappa shape index (κ2) is 10.2. The molecule has 196 valence electrons. The van der Waals surface area contributed by atoms with E-state index in [-0.39, 0.29) is 22.8 Å². The highest BCUT2D eigenvalue weighted by molar-refractivity contribution is 6.33. The van der Waals surface area contributed by atoms with E-state index in [1.54, 1.807) is 30.0 Å². The van der Waals surface area contributed by atoms with Crippen molar-refractivity contribution in [3.05, 3.63) is 73.9 Å². The molecule has 0 bridgehead atoms. The highest BCUT2D eigenvalue weighted by Gasteiger charge is 2.32. The lowest BCUT2D eigenvalue weighted by Crippen LogP contribution is -2.36. The summed E-state index contributed by atoms with van der Waals surface area (Å²) < 4.78 is 35.7. The molecule has 1 aromatic carbocycles. The van der Waals surface area contributed by atoms with Gasteiger partial charge in [-0.3, -0.25) is 9.48 Å². The molecular weight excluding hydrogens is 508 g/mol. The average molecular weight is 534 g/mol. The van der Waals surface area contributed by atoms with Gasteiger partial charge in [-0.2, -0.15) is 14.9 Å². The van der Waals surface area contributed by atoms with Crippen molar-refractivity contribution in [2.24, 2.45) is 0 Å². The van der Waals surface area contributed by atoms with E-state index in [0.717, 1.165) is 12.8 Å². The molecule has 0 saturated carbocycles. The maximum atomic E-state index is 13.6. The van der Waals surface area contributed by atoms with E-state index in [4.69, 9.17) is 16.3 Å². The largest absolute Gasteiger partial charge is 0.476 e. The molecular formula is C25H26ClF2N5O4. The number of carboxylic acids is 1. The number of rotatable bonds is 6. The fourth-order valence-electron chi connectivity index (χ4n) is 5.14. The number of alkyl halides is 2. The number of fused-ring (bicyclic) bond motifs is 1. The first kappa shape index (κ1) is 25.3. The first-order chi connectivity index (χ1) is 17.8. The number of carboxylic acid groups (broad SMARTS) is 1. The zero-order chi connectivity index (χ0) is 26.3. The van der Waals surface area contributed by atoms with Crippen LogP contribution in [0.2, 0.25) is 5.02 Å². The van der Waals surface area contributed by atoms with Gasteiger partial charge in [-0.05, 0) is 31.7 Å². The Morgan fingerprint density at radius 2 is 2.00 bits per heavy atom. The van der Waals surface area contributed by atoms with Gasteiger partial charge < -0.3 is 14.7 Å². The molecule has 12 heteroatoms. The summed E-state index contributed by atoms with van der Waals surface area (Å²) in [4.78, 5) is 26.9. The van der Waals surface area contributed by atoms with Crippen LogP contribution in [0.3, 0.4) is 0 Å². The van der Waals surface area contributed by atoms with Gasteiger partial charge in [-0.1, -0.05) is 35.9 Å². The van der Waals surface area contributed by atoms with Crippen LogP contribution in [0.25, 0.3) is 0 Å². The number of carbonyl (C=O) groups is 1. The summed E-state index contributed by atoms with van der Waals surface area (Å²) in [5.41, 5.74) is 1.13. The summed E-state index contributed by atoms with van der Waals surface area (Å²) in [7, 11) is 0. The molecule has 0 amide bonds. The highest BCUT2D eigenvalue weighted by Crippen LogP contribution is 2.35. The lowest BCUT2D eigenvalue weighted by Gasteiger charge is -2.31. The minimum atomic E-state index is -2.67. The van der Waals surface area contributed by atoms with Crippen molar-refractivity contribution in [1.82, 2.24) is 19.6 Å². The molecule has 9 nitrogen and oxygen atoms in total. The Hall–Kier alpha value is -3.31. The standard InChI is InChI=1S/C25H26ClF2N5O4/c1-14(15-6-2-3-7-16(15)23(27)28)32-18-9-10-31(13-17(18)22(30-32)25(35)36)19-12-29-33(24(34)21(19)26)20-8-4-5-11-37-20/h2-3,6-7,12,14,20,23H,4-5,8-11,13H2,1H3,(H,35,36). The fourth-order valence-corrected chi connectivity index (χ4v) is 5.40. The smallest absolute Gasteiger partial charge is 0.356 e. The molecule has 37 heavy (non-hydrogen) atoms. The molecule has 2 unspecified atom stereocenters. The van der Waals surface area contributed by atoms with Crippen LogP contribution in [0.15, 0.2) is 35.3 Å². The maximum absolute atomic E-state index is 13.6. The highest BCUT2D eigenvalue weighted by atomic mass is 35.5. The van der Waals surface area contributed by atoms with Crippen molar-refractivity contribution in [2.45, 2.75) is 57.8 Å². The predicted octanol–water partition coefficient (Wildman–Crippen LogP) is 4.60. The quantitative estimate of drug-likeness (QED) is 0.494. The van der Waals surface area contributed by atoms with Gasteiger partial charge in [0.25, 0.3) is 12.0 Å². The number of aromatic carboxylic acids is 1. The summed E-state index contributed by atoms with van der Waals surface area (Å²) in [6, 6.07) is 5.57. The molecule has 1 N–H and O–H groups in total. The molecule has 2 aliphatic rings. The monoisotopic (exact) mass is 533 g/mol. The second-order valence-corrected chi connectivity index (χ2v) is 9.59. The number of hydrogen-bond acceptors (Lipinski definition) is 6. The summed E-state index contributed by atoms with van der Waals surface area (Å²) in [6.07, 6.45) is 1.27. The Bertz CT molecular complexity index is 1390. The zero-order valence-electron chi connectivity index (χ0n) is 20.1. The summed E-state index contributed by atoms with van der Waals surface area (Å²) in [5, 5.41) is 18.5. The number of aromatic nitrogens is 4. The summed E-state index contributed by atoms with van der Waals surface area (Å²) in [6.45, 7) is 2.81. The molecule has 3 aromatic rings. The zero-order valence-corrected chi connectivity index (χ0v) is 20.9. The van der Waals surface area contributed by atoms with Gasteiger partial charge in [0, 0.05) is 42.9 Å². The van der Waals surface area contributed by atoms with E-state index >= 15 is 0 Å². The Balaban J connectivity index is 1.49. The van der Waals surface area contributed by atoms with E-state index in [9.17, 15) is 23.5 Å². The molecule has 1 saturated heterocycles.